The molecule has 0 saturated carbocycles. The zero-order chi connectivity index (χ0) is 15.5. The van der Waals surface area contributed by atoms with Crippen LogP contribution in [0.4, 0.5) is 4.39 Å². The van der Waals surface area contributed by atoms with E-state index in [1.807, 2.05) is 6.92 Å². The van der Waals surface area contributed by atoms with Gasteiger partial charge in [0.15, 0.2) is 11.6 Å². The molecule has 1 fully saturated rings. The van der Waals surface area contributed by atoms with E-state index in [0.29, 0.717) is 12.2 Å². The average Bonchev–Trinajstić information content (AvgIpc) is 2.47. The maximum atomic E-state index is 14.3. The first-order chi connectivity index (χ1) is 10.00. The number of methoxy groups -OCH3 is 2. The minimum atomic E-state index is -0.518. The van der Waals surface area contributed by atoms with Crippen molar-refractivity contribution in [2.75, 3.05) is 20.8 Å². The minimum absolute atomic E-state index is 0.0273. The molecule has 1 heterocycles. The van der Waals surface area contributed by atoms with Crippen LogP contribution in [-0.4, -0.2) is 26.8 Å². The molecule has 1 aliphatic heterocycles. The Morgan fingerprint density at radius 2 is 2.14 bits per heavy atom. The van der Waals surface area contributed by atoms with Gasteiger partial charge in [-0.1, -0.05) is 0 Å². The Morgan fingerprint density at radius 3 is 2.71 bits per heavy atom. The maximum Gasteiger partial charge on any atom is 0.310 e. The Hall–Kier alpha value is -1.62. The Morgan fingerprint density at radius 1 is 1.38 bits per heavy atom. The van der Waals surface area contributed by atoms with Gasteiger partial charge in [0.25, 0.3) is 0 Å². The fraction of sp³-hybridized carbons (Fsp3) is 0.562. The number of carbonyl (C=O) groups excluding carboxylic acids is 1. The standard InChI is InChI=1S/C16H21FO4/c1-16(6-4-5-7-21-16)12-8-11(9-14(18)19-2)15(20-3)13(17)10-12/h8,10H,4-7,9H2,1-3H3/t16-/m0/s1. The molecule has 0 amide bonds. The van der Waals surface area contributed by atoms with Crippen molar-refractivity contribution in [2.24, 2.45) is 0 Å². The van der Waals surface area contributed by atoms with E-state index >= 15 is 0 Å². The molecule has 0 N–H and O–H groups in total. The van der Waals surface area contributed by atoms with Crippen molar-refractivity contribution in [2.45, 2.75) is 38.2 Å². The molecule has 1 saturated heterocycles. The molecule has 0 bridgehead atoms. The second kappa shape index (κ2) is 6.43. The predicted molar refractivity (Wildman–Crippen MR) is 75.8 cm³/mol. The maximum absolute atomic E-state index is 14.3. The molecule has 2 rings (SSSR count). The Labute approximate surface area is 124 Å². The van der Waals surface area contributed by atoms with E-state index < -0.39 is 17.4 Å². The molecular formula is C16H21FO4. The summed E-state index contributed by atoms with van der Waals surface area (Å²) in [6, 6.07) is 3.22. The van der Waals surface area contributed by atoms with Gasteiger partial charge in [-0.2, -0.15) is 0 Å². The minimum Gasteiger partial charge on any atom is -0.493 e. The van der Waals surface area contributed by atoms with Crippen molar-refractivity contribution < 1.29 is 23.4 Å². The number of hydrogen-bond donors (Lipinski definition) is 0. The van der Waals surface area contributed by atoms with Gasteiger partial charge in [0.05, 0.1) is 26.2 Å². The zero-order valence-corrected chi connectivity index (χ0v) is 12.7. The van der Waals surface area contributed by atoms with E-state index in [2.05, 4.69) is 4.74 Å². The highest BCUT2D eigenvalue weighted by Gasteiger charge is 2.32. The molecule has 0 unspecified atom stereocenters. The average molecular weight is 296 g/mol. The Kier molecular flexibility index (Phi) is 4.83. The van der Waals surface area contributed by atoms with Gasteiger partial charge in [-0.25, -0.2) is 4.39 Å². The first kappa shape index (κ1) is 15.8. The quantitative estimate of drug-likeness (QED) is 0.801. The SMILES string of the molecule is COC(=O)Cc1cc([C@]2(C)CCCCO2)cc(F)c1OC. The molecule has 0 radical (unpaired) electrons. The molecule has 1 aliphatic rings. The number of halogens is 1. The summed E-state index contributed by atoms with van der Waals surface area (Å²) in [4.78, 5) is 11.5. The largest absolute Gasteiger partial charge is 0.493 e. The summed E-state index contributed by atoms with van der Waals surface area (Å²) in [6.45, 7) is 2.62. The first-order valence-electron chi connectivity index (χ1n) is 7.08. The lowest BCUT2D eigenvalue weighted by Crippen LogP contribution is -2.30. The van der Waals surface area contributed by atoms with Crippen LogP contribution in [0.15, 0.2) is 12.1 Å². The number of carbonyl (C=O) groups is 1. The van der Waals surface area contributed by atoms with Crippen LogP contribution in [0.3, 0.4) is 0 Å². The fourth-order valence-electron chi connectivity index (χ4n) is 2.70. The molecule has 1 atom stereocenters. The summed E-state index contributed by atoms with van der Waals surface area (Å²) < 4.78 is 29.8. The van der Waals surface area contributed by atoms with Gasteiger partial charge >= 0.3 is 5.97 Å². The van der Waals surface area contributed by atoms with Crippen LogP contribution in [0, 0.1) is 5.82 Å². The van der Waals surface area contributed by atoms with Crippen molar-refractivity contribution >= 4 is 5.97 Å². The van der Waals surface area contributed by atoms with E-state index in [9.17, 15) is 9.18 Å². The third kappa shape index (κ3) is 3.35. The number of benzene rings is 1. The second-order valence-corrected chi connectivity index (χ2v) is 5.44. The Bertz CT molecular complexity index is 521. The summed E-state index contributed by atoms with van der Waals surface area (Å²) in [5, 5.41) is 0. The van der Waals surface area contributed by atoms with Gasteiger partial charge < -0.3 is 14.2 Å². The van der Waals surface area contributed by atoms with Gasteiger partial charge in [-0.3, -0.25) is 4.79 Å². The van der Waals surface area contributed by atoms with Gasteiger partial charge in [-0.05, 0) is 43.9 Å². The van der Waals surface area contributed by atoms with Gasteiger partial charge in [0.2, 0.25) is 0 Å². The molecular weight excluding hydrogens is 275 g/mol. The van der Waals surface area contributed by atoms with Crippen LogP contribution >= 0.6 is 0 Å². The molecule has 0 spiro atoms. The molecule has 0 aromatic heterocycles. The van der Waals surface area contributed by atoms with Crippen molar-refractivity contribution in [1.29, 1.82) is 0 Å². The van der Waals surface area contributed by atoms with Gasteiger partial charge in [-0.15, -0.1) is 0 Å². The normalized spacial score (nSPS) is 21.9. The summed E-state index contributed by atoms with van der Waals surface area (Å²) in [6.07, 6.45) is 2.86. The van der Waals surface area contributed by atoms with Crippen LogP contribution < -0.4 is 4.74 Å². The summed E-state index contributed by atoms with van der Waals surface area (Å²) in [7, 11) is 2.69. The molecule has 21 heavy (non-hydrogen) atoms. The number of rotatable bonds is 4. The second-order valence-electron chi connectivity index (χ2n) is 5.44. The topological polar surface area (TPSA) is 44.8 Å². The van der Waals surface area contributed by atoms with Gasteiger partial charge in [0, 0.05) is 12.2 Å². The highest BCUT2D eigenvalue weighted by molar-refractivity contribution is 5.73. The number of esters is 1. The molecule has 1 aromatic rings. The number of ether oxygens (including phenoxy) is 3. The monoisotopic (exact) mass is 296 g/mol. The fourth-order valence-corrected chi connectivity index (χ4v) is 2.70. The van der Waals surface area contributed by atoms with Crippen molar-refractivity contribution in [3.63, 3.8) is 0 Å². The third-order valence-electron chi connectivity index (χ3n) is 3.97. The third-order valence-corrected chi connectivity index (χ3v) is 3.97. The number of hydrogen-bond acceptors (Lipinski definition) is 4. The van der Waals surface area contributed by atoms with E-state index in [-0.39, 0.29) is 12.2 Å². The van der Waals surface area contributed by atoms with E-state index in [4.69, 9.17) is 9.47 Å². The lowest BCUT2D eigenvalue weighted by atomic mass is 9.87. The van der Waals surface area contributed by atoms with Crippen molar-refractivity contribution in [3.8, 4) is 5.75 Å². The molecule has 0 aliphatic carbocycles. The molecule has 116 valence electrons. The summed E-state index contributed by atoms with van der Waals surface area (Å²) in [5.74, 6) is -0.826. The van der Waals surface area contributed by atoms with E-state index in [1.165, 1.54) is 20.3 Å². The lowest BCUT2D eigenvalue weighted by Gasteiger charge is -2.35. The van der Waals surface area contributed by atoms with Gasteiger partial charge in [0.1, 0.15) is 0 Å². The Balaban J connectivity index is 2.41. The molecule has 1 aromatic carbocycles. The van der Waals surface area contributed by atoms with Crippen molar-refractivity contribution in [3.05, 3.63) is 29.1 Å². The summed E-state index contributed by atoms with van der Waals surface area (Å²) in [5.41, 5.74) is 0.699. The molecule has 4 nitrogen and oxygen atoms in total. The summed E-state index contributed by atoms with van der Waals surface area (Å²) >= 11 is 0. The smallest absolute Gasteiger partial charge is 0.310 e. The van der Waals surface area contributed by atoms with Crippen molar-refractivity contribution in [1.82, 2.24) is 0 Å². The predicted octanol–water partition coefficient (Wildman–Crippen LogP) is 2.97. The van der Waals surface area contributed by atoms with Crippen LogP contribution in [0.25, 0.3) is 0 Å². The van der Waals surface area contributed by atoms with E-state index in [1.54, 1.807) is 6.07 Å². The molecule has 5 heteroatoms. The highest BCUT2D eigenvalue weighted by atomic mass is 19.1. The lowest BCUT2D eigenvalue weighted by molar-refractivity contribution is -0.139. The van der Waals surface area contributed by atoms with Crippen LogP contribution in [0.2, 0.25) is 0 Å². The van der Waals surface area contributed by atoms with Crippen LogP contribution in [0.5, 0.6) is 5.75 Å². The first-order valence-corrected chi connectivity index (χ1v) is 7.08. The van der Waals surface area contributed by atoms with Crippen LogP contribution in [-0.2, 0) is 26.3 Å². The zero-order valence-electron chi connectivity index (χ0n) is 12.7. The highest BCUT2D eigenvalue weighted by Crippen LogP contribution is 2.37. The van der Waals surface area contributed by atoms with E-state index in [0.717, 1.165) is 24.8 Å². The van der Waals surface area contributed by atoms with Crippen LogP contribution in [0.1, 0.15) is 37.3 Å².